The van der Waals surface area contributed by atoms with Crippen LogP contribution in [-0.4, -0.2) is 41.1 Å². The van der Waals surface area contributed by atoms with Gasteiger partial charge >= 0.3 is 5.97 Å². The molecule has 0 fully saturated rings. The van der Waals surface area contributed by atoms with Crippen molar-refractivity contribution in [3.8, 4) is 5.75 Å². The number of fused-ring (bicyclic) bond motifs is 1. The van der Waals surface area contributed by atoms with E-state index >= 15 is 0 Å². The standard InChI is InChI=1S/C16H19NO4/c1-11(2)17(10-16(19)20)15(18)6-4-12-3-5-14-13(9-12)7-8-21-14/h3-6,9,11H,7-8,10H2,1-2H3,(H,19,20)/b6-4+. The average molecular weight is 289 g/mol. The van der Waals surface area contributed by atoms with Crippen molar-refractivity contribution >= 4 is 18.0 Å². The maximum Gasteiger partial charge on any atom is 0.323 e. The van der Waals surface area contributed by atoms with E-state index in [0.29, 0.717) is 6.61 Å². The lowest BCUT2D eigenvalue weighted by Gasteiger charge is -2.23. The molecule has 1 aromatic rings. The number of hydrogen-bond acceptors (Lipinski definition) is 3. The molecule has 0 saturated carbocycles. The molecule has 1 aliphatic rings. The number of benzene rings is 1. The van der Waals surface area contributed by atoms with Crippen molar-refractivity contribution in [1.29, 1.82) is 0 Å². The lowest BCUT2D eigenvalue weighted by atomic mass is 10.1. The zero-order chi connectivity index (χ0) is 15.4. The molecule has 0 bridgehead atoms. The van der Waals surface area contributed by atoms with E-state index < -0.39 is 5.97 Å². The van der Waals surface area contributed by atoms with Crippen molar-refractivity contribution in [2.75, 3.05) is 13.2 Å². The summed E-state index contributed by atoms with van der Waals surface area (Å²) in [5.74, 6) is -0.419. The highest BCUT2D eigenvalue weighted by Crippen LogP contribution is 2.26. The van der Waals surface area contributed by atoms with Gasteiger partial charge in [-0.1, -0.05) is 6.07 Å². The number of nitrogens with zero attached hydrogens (tertiary/aromatic N) is 1. The monoisotopic (exact) mass is 289 g/mol. The van der Waals surface area contributed by atoms with Gasteiger partial charge in [0.1, 0.15) is 12.3 Å². The van der Waals surface area contributed by atoms with Crippen LogP contribution in [0.25, 0.3) is 6.08 Å². The quantitative estimate of drug-likeness (QED) is 0.841. The number of carboxylic acid groups (broad SMARTS) is 1. The number of amides is 1. The second kappa shape index (κ2) is 6.43. The van der Waals surface area contributed by atoms with Crippen molar-refractivity contribution < 1.29 is 19.4 Å². The number of ether oxygens (including phenoxy) is 1. The Morgan fingerprint density at radius 1 is 1.43 bits per heavy atom. The summed E-state index contributed by atoms with van der Waals surface area (Å²) in [6.45, 7) is 3.99. The molecular formula is C16H19NO4. The Kier molecular flexibility index (Phi) is 4.62. The minimum atomic E-state index is -1.01. The van der Waals surface area contributed by atoms with E-state index in [4.69, 9.17) is 9.84 Å². The van der Waals surface area contributed by atoms with Gasteiger partial charge in [-0.3, -0.25) is 9.59 Å². The molecule has 0 atom stereocenters. The van der Waals surface area contributed by atoms with Crippen LogP contribution in [0.2, 0.25) is 0 Å². The van der Waals surface area contributed by atoms with Crippen molar-refractivity contribution in [2.24, 2.45) is 0 Å². The van der Waals surface area contributed by atoms with Crippen LogP contribution in [0.1, 0.15) is 25.0 Å². The molecule has 5 nitrogen and oxygen atoms in total. The molecular weight excluding hydrogens is 270 g/mol. The second-order valence-corrected chi connectivity index (χ2v) is 5.25. The van der Waals surface area contributed by atoms with Gasteiger partial charge in [0.2, 0.25) is 5.91 Å². The van der Waals surface area contributed by atoms with Crippen LogP contribution in [0.3, 0.4) is 0 Å². The summed E-state index contributed by atoms with van der Waals surface area (Å²) in [4.78, 5) is 24.2. The van der Waals surface area contributed by atoms with Crippen LogP contribution in [0.4, 0.5) is 0 Å². The molecule has 21 heavy (non-hydrogen) atoms. The summed E-state index contributed by atoms with van der Waals surface area (Å²) in [6.07, 6.45) is 4.00. The van der Waals surface area contributed by atoms with Gasteiger partial charge in [-0.2, -0.15) is 0 Å². The fraction of sp³-hybridized carbons (Fsp3) is 0.375. The van der Waals surface area contributed by atoms with Crippen LogP contribution in [0.5, 0.6) is 5.75 Å². The first-order chi connectivity index (χ1) is 9.97. The third kappa shape index (κ3) is 3.84. The van der Waals surface area contributed by atoms with Gasteiger partial charge in [-0.05, 0) is 43.2 Å². The van der Waals surface area contributed by atoms with Crippen LogP contribution < -0.4 is 4.74 Å². The predicted octanol–water partition coefficient (Wildman–Crippen LogP) is 1.96. The highest BCUT2D eigenvalue weighted by molar-refractivity contribution is 5.93. The minimum Gasteiger partial charge on any atom is -0.493 e. The molecule has 0 radical (unpaired) electrons. The molecule has 0 spiro atoms. The van der Waals surface area contributed by atoms with Crippen molar-refractivity contribution in [2.45, 2.75) is 26.3 Å². The Bertz CT molecular complexity index is 578. The zero-order valence-electron chi connectivity index (χ0n) is 12.2. The summed E-state index contributed by atoms with van der Waals surface area (Å²) in [7, 11) is 0. The Morgan fingerprint density at radius 2 is 2.19 bits per heavy atom. The van der Waals surface area contributed by atoms with Crippen molar-refractivity contribution in [1.82, 2.24) is 4.90 Å². The first kappa shape index (κ1) is 15.1. The van der Waals surface area contributed by atoms with Crippen LogP contribution in [0.15, 0.2) is 24.3 Å². The fourth-order valence-electron chi connectivity index (χ4n) is 2.23. The summed E-state index contributed by atoms with van der Waals surface area (Å²) >= 11 is 0. The molecule has 112 valence electrons. The van der Waals surface area contributed by atoms with Gasteiger partial charge in [0.25, 0.3) is 0 Å². The Morgan fingerprint density at radius 3 is 2.86 bits per heavy atom. The third-order valence-corrected chi connectivity index (χ3v) is 3.34. The highest BCUT2D eigenvalue weighted by Gasteiger charge is 2.17. The highest BCUT2D eigenvalue weighted by atomic mass is 16.5. The normalized spacial score (nSPS) is 13.3. The number of aliphatic carboxylic acids is 1. The van der Waals surface area contributed by atoms with Gasteiger partial charge in [0.05, 0.1) is 6.61 Å². The maximum absolute atomic E-state index is 12.1. The molecule has 1 aromatic carbocycles. The molecule has 0 aliphatic carbocycles. The summed E-state index contributed by atoms with van der Waals surface area (Å²) in [6, 6.07) is 5.60. The average Bonchev–Trinajstić information content (AvgIpc) is 2.89. The molecule has 5 heteroatoms. The van der Waals surface area contributed by atoms with E-state index in [9.17, 15) is 9.59 Å². The van der Waals surface area contributed by atoms with Crippen LogP contribution >= 0.6 is 0 Å². The molecule has 0 aromatic heterocycles. The SMILES string of the molecule is CC(C)N(CC(=O)O)C(=O)/C=C/c1ccc2c(c1)CCO2. The second-order valence-electron chi connectivity index (χ2n) is 5.25. The molecule has 1 amide bonds. The van der Waals surface area contributed by atoms with Crippen LogP contribution in [-0.2, 0) is 16.0 Å². The predicted molar refractivity (Wildman–Crippen MR) is 79.2 cm³/mol. The van der Waals surface area contributed by atoms with Gasteiger partial charge in [0, 0.05) is 18.5 Å². The zero-order valence-corrected chi connectivity index (χ0v) is 12.2. The Labute approximate surface area is 123 Å². The van der Waals surface area contributed by atoms with Crippen LogP contribution in [0, 0.1) is 0 Å². The van der Waals surface area contributed by atoms with E-state index in [2.05, 4.69) is 0 Å². The van der Waals surface area contributed by atoms with Gasteiger partial charge in [-0.25, -0.2) is 0 Å². The number of carbonyl (C=O) groups excluding carboxylic acids is 1. The van der Waals surface area contributed by atoms with Crippen molar-refractivity contribution in [3.63, 3.8) is 0 Å². The van der Waals surface area contributed by atoms with Gasteiger partial charge < -0.3 is 14.7 Å². The number of carbonyl (C=O) groups is 2. The molecule has 1 heterocycles. The Balaban J connectivity index is 2.08. The fourth-order valence-corrected chi connectivity index (χ4v) is 2.23. The third-order valence-electron chi connectivity index (χ3n) is 3.34. The topological polar surface area (TPSA) is 66.8 Å². The maximum atomic E-state index is 12.1. The first-order valence-electron chi connectivity index (χ1n) is 6.93. The van der Waals surface area contributed by atoms with E-state index in [0.717, 1.165) is 23.3 Å². The van der Waals surface area contributed by atoms with E-state index in [1.165, 1.54) is 11.0 Å². The van der Waals surface area contributed by atoms with E-state index in [1.54, 1.807) is 19.9 Å². The number of hydrogen-bond donors (Lipinski definition) is 1. The lowest BCUT2D eigenvalue weighted by Crippen LogP contribution is -2.39. The van der Waals surface area contributed by atoms with Crippen molar-refractivity contribution in [3.05, 3.63) is 35.4 Å². The molecule has 1 aliphatic heterocycles. The van der Waals surface area contributed by atoms with E-state index in [1.807, 2.05) is 18.2 Å². The number of carboxylic acids is 1. The number of rotatable bonds is 5. The summed E-state index contributed by atoms with van der Waals surface area (Å²) < 4.78 is 5.43. The molecule has 2 rings (SSSR count). The van der Waals surface area contributed by atoms with E-state index in [-0.39, 0.29) is 18.5 Å². The lowest BCUT2D eigenvalue weighted by molar-refractivity contribution is -0.143. The van der Waals surface area contributed by atoms with Gasteiger partial charge in [-0.15, -0.1) is 0 Å². The summed E-state index contributed by atoms with van der Waals surface area (Å²) in [5, 5.41) is 8.84. The summed E-state index contributed by atoms with van der Waals surface area (Å²) in [5.41, 5.74) is 2.04. The smallest absolute Gasteiger partial charge is 0.323 e. The molecule has 0 unspecified atom stereocenters. The Hall–Kier alpha value is -2.30. The first-order valence-corrected chi connectivity index (χ1v) is 6.93. The molecule has 0 saturated heterocycles. The minimum absolute atomic E-state index is 0.160. The largest absolute Gasteiger partial charge is 0.493 e. The molecule has 1 N–H and O–H groups in total. The van der Waals surface area contributed by atoms with Gasteiger partial charge in [0.15, 0.2) is 0 Å².